The van der Waals surface area contributed by atoms with Gasteiger partial charge in [0.05, 0.1) is 0 Å². The molecule has 0 aliphatic carbocycles. The van der Waals surface area contributed by atoms with E-state index in [0.29, 0.717) is 21.6 Å². The minimum absolute atomic E-state index is 0.00998. The van der Waals surface area contributed by atoms with Crippen molar-refractivity contribution in [1.29, 1.82) is 0 Å². The van der Waals surface area contributed by atoms with Crippen molar-refractivity contribution in [3.8, 4) is 11.8 Å². The first-order chi connectivity index (χ1) is 7.26. The van der Waals surface area contributed by atoms with Gasteiger partial charge in [0, 0.05) is 0 Å². The summed E-state index contributed by atoms with van der Waals surface area (Å²) in [5.74, 6) is 5.32. The molecule has 0 saturated heterocycles. The molecule has 0 rings (SSSR count). The summed E-state index contributed by atoms with van der Waals surface area (Å²) in [5, 5.41) is 2.19. The first-order valence-electron chi connectivity index (χ1n) is 4.72. The molecule has 0 aromatic carbocycles. The molecular formula is C11H16O2Se2. The molecule has 0 aliphatic heterocycles. The van der Waals surface area contributed by atoms with Crippen LogP contribution in [-0.2, 0) is 9.53 Å². The zero-order valence-corrected chi connectivity index (χ0v) is 12.8. The molecule has 0 unspecified atom stereocenters. The molecule has 0 N–H and O–H groups in total. The van der Waals surface area contributed by atoms with Crippen molar-refractivity contribution in [3.05, 3.63) is 9.45 Å². The predicted molar refractivity (Wildman–Crippen MR) is 65.2 cm³/mol. The van der Waals surface area contributed by atoms with Crippen LogP contribution in [0.5, 0.6) is 0 Å². The fraction of sp³-hybridized carbons (Fsp3) is 0.545. The minimum atomic E-state index is -0.00998. The Kier molecular flexibility index (Phi) is 10.5. The van der Waals surface area contributed by atoms with E-state index in [9.17, 15) is 4.79 Å². The maximum absolute atomic E-state index is 11.6. The molecule has 4 heteroatoms. The molecule has 0 amide bonds. The Hall–Kier alpha value is -0.0310. The molecule has 0 bridgehead atoms. The molecule has 15 heavy (non-hydrogen) atoms. The van der Waals surface area contributed by atoms with Crippen molar-refractivity contribution in [3.63, 3.8) is 0 Å². The van der Waals surface area contributed by atoms with E-state index >= 15 is 0 Å². The number of ketones is 1. The molecular weight excluding hydrogens is 322 g/mol. The van der Waals surface area contributed by atoms with E-state index in [0.717, 1.165) is 15.1 Å². The molecule has 0 heterocycles. The Morgan fingerprint density at radius 3 is 2.67 bits per heavy atom. The number of rotatable bonds is 6. The number of Topliss-reactive ketones (excluding diaryl/α,β-unsaturated/α-hetero) is 1. The number of hydrogen-bond donors (Lipinski definition) is 0. The van der Waals surface area contributed by atoms with Crippen molar-refractivity contribution in [2.45, 2.75) is 24.5 Å². The molecule has 0 radical (unpaired) electrons. The number of ether oxygens (including phenoxy) is 1. The van der Waals surface area contributed by atoms with Crippen LogP contribution in [0.2, 0.25) is 10.6 Å². The number of hydrogen-bond acceptors (Lipinski definition) is 2. The van der Waals surface area contributed by atoms with Crippen LogP contribution in [0.1, 0.15) is 13.8 Å². The average Bonchev–Trinajstić information content (AvgIpc) is 2.24. The van der Waals surface area contributed by atoms with Gasteiger partial charge in [-0.05, 0) is 0 Å². The van der Waals surface area contributed by atoms with Gasteiger partial charge in [-0.3, -0.25) is 0 Å². The SMILES string of the molecule is CC[Se]/C=C(\[Se]CC)C(=O)C#CCOC. The summed E-state index contributed by atoms with van der Waals surface area (Å²) in [6, 6.07) is 0. The van der Waals surface area contributed by atoms with Gasteiger partial charge in [-0.1, -0.05) is 0 Å². The fourth-order valence-electron chi connectivity index (χ4n) is 0.718. The third-order valence-electron chi connectivity index (χ3n) is 1.30. The van der Waals surface area contributed by atoms with Crippen molar-refractivity contribution < 1.29 is 9.53 Å². The van der Waals surface area contributed by atoms with Gasteiger partial charge in [0.15, 0.2) is 0 Å². The number of carbonyl (C=O) groups is 1. The third-order valence-corrected chi connectivity index (χ3v) is 5.49. The van der Waals surface area contributed by atoms with Gasteiger partial charge >= 0.3 is 105 Å². The average molecular weight is 338 g/mol. The van der Waals surface area contributed by atoms with Crippen molar-refractivity contribution in [2.24, 2.45) is 0 Å². The molecule has 0 fully saturated rings. The monoisotopic (exact) mass is 340 g/mol. The van der Waals surface area contributed by atoms with Gasteiger partial charge in [0.25, 0.3) is 0 Å². The number of methoxy groups -OCH3 is 1. The summed E-state index contributed by atoms with van der Waals surface area (Å²) in [6.07, 6.45) is 0. The Balaban J connectivity index is 4.36. The van der Waals surface area contributed by atoms with Gasteiger partial charge in [-0.15, -0.1) is 0 Å². The van der Waals surface area contributed by atoms with Gasteiger partial charge in [-0.2, -0.15) is 0 Å². The normalized spacial score (nSPS) is 10.7. The van der Waals surface area contributed by atoms with Crippen LogP contribution in [-0.4, -0.2) is 49.4 Å². The second kappa shape index (κ2) is 10.5. The van der Waals surface area contributed by atoms with E-state index in [2.05, 4.69) is 30.7 Å². The molecule has 0 saturated carbocycles. The van der Waals surface area contributed by atoms with Crippen LogP contribution < -0.4 is 0 Å². The van der Waals surface area contributed by atoms with Gasteiger partial charge in [-0.25, -0.2) is 0 Å². The Labute approximate surface area is 105 Å². The first-order valence-corrected chi connectivity index (χ1v) is 8.99. The second-order valence-corrected chi connectivity index (χ2v) is 7.58. The van der Waals surface area contributed by atoms with Gasteiger partial charge in [0.1, 0.15) is 0 Å². The fourth-order valence-corrected chi connectivity index (χ4v) is 4.27. The van der Waals surface area contributed by atoms with Crippen molar-refractivity contribution in [2.75, 3.05) is 13.7 Å². The van der Waals surface area contributed by atoms with Crippen LogP contribution >= 0.6 is 0 Å². The van der Waals surface area contributed by atoms with E-state index in [4.69, 9.17) is 4.74 Å². The standard InChI is InChI=1S/C11H16O2Se2/c1-4-14-9-11(15-5-2)10(12)7-6-8-13-3/h9H,4-5,8H2,1-3H3/b11-9-. The number of allylic oxidation sites excluding steroid dienone is 1. The zero-order valence-electron chi connectivity index (χ0n) is 9.33. The Bertz CT molecular complexity index is 274. The van der Waals surface area contributed by atoms with Crippen LogP contribution in [0.3, 0.4) is 0 Å². The van der Waals surface area contributed by atoms with Crippen LogP contribution in [0.25, 0.3) is 0 Å². The zero-order chi connectivity index (χ0) is 11.5. The molecule has 2 nitrogen and oxygen atoms in total. The topological polar surface area (TPSA) is 26.3 Å². The number of carbonyl (C=O) groups excluding carboxylic acids is 1. The summed E-state index contributed by atoms with van der Waals surface area (Å²) < 4.78 is 5.72. The molecule has 0 spiro atoms. The van der Waals surface area contributed by atoms with Gasteiger partial charge in [0.2, 0.25) is 0 Å². The predicted octanol–water partition coefficient (Wildman–Crippen LogP) is 1.33. The summed E-state index contributed by atoms with van der Waals surface area (Å²) in [7, 11) is 1.58. The molecule has 0 aliphatic rings. The summed E-state index contributed by atoms with van der Waals surface area (Å²) in [6.45, 7) is 4.56. The van der Waals surface area contributed by atoms with Crippen LogP contribution in [0, 0.1) is 11.8 Å². The van der Waals surface area contributed by atoms with Crippen molar-refractivity contribution in [1.82, 2.24) is 0 Å². The summed E-state index contributed by atoms with van der Waals surface area (Å²) >= 11 is 0.737. The van der Waals surface area contributed by atoms with Crippen LogP contribution in [0.4, 0.5) is 0 Å². The first kappa shape index (κ1) is 15.0. The van der Waals surface area contributed by atoms with E-state index in [1.165, 1.54) is 0 Å². The van der Waals surface area contributed by atoms with E-state index in [-0.39, 0.29) is 20.7 Å². The van der Waals surface area contributed by atoms with E-state index < -0.39 is 0 Å². The van der Waals surface area contributed by atoms with Gasteiger partial charge < -0.3 is 0 Å². The third kappa shape index (κ3) is 7.85. The molecule has 0 atom stereocenters. The second-order valence-electron chi connectivity index (χ2n) is 2.43. The maximum atomic E-state index is 11.6. The van der Waals surface area contributed by atoms with Crippen molar-refractivity contribution >= 4 is 35.7 Å². The van der Waals surface area contributed by atoms with E-state index in [1.807, 2.05) is 0 Å². The Morgan fingerprint density at radius 2 is 2.13 bits per heavy atom. The summed E-state index contributed by atoms with van der Waals surface area (Å²) in [5.41, 5.74) is 0. The molecule has 0 aromatic rings. The molecule has 84 valence electrons. The van der Waals surface area contributed by atoms with Crippen LogP contribution in [0.15, 0.2) is 9.45 Å². The Morgan fingerprint density at radius 1 is 1.40 bits per heavy atom. The van der Waals surface area contributed by atoms with E-state index in [1.54, 1.807) is 7.11 Å². The summed E-state index contributed by atoms with van der Waals surface area (Å²) in [4.78, 5) is 13.7. The molecule has 0 aromatic heterocycles. The quantitative estimate of drug-likeness (QED) is 0.316.